The van der Waals surface area contributed by atoms with E-state index in [2.05, 4.69) is 36.6 Å². The second-order valence-corrected chi connectivity index (χ2v) is 12.6. The van der Waals surface area contributed by atoms with Gasteiger partial charge in [-0.1, -0.05) is 54.6 Å². The third kappa shape index (κ3) is 12.8. The molecule has 16 nitrogen and oxygen atoms in total. The van der Waals surface area contributed by atoms with Crippen molar-refractivity contribution in [1.29, 1.82) is 0 Å². The number of carbonyl (C=O) groups is 5. The van der Waals surface area contributed by atoms with Crippen LogP contribution in [0.4, 0.5) is 4.39 Å². The summed E-state index contributed by atoms with van der Waals surface area (Å²) in [5, 5.41) is 15.3. The normalized spacial score (nSPS) is 20.1. The predicted octanol–water partition coefficient (Wildman–Crippen LogP) is -1.06. The van der Waals surface area contributed by atoms with E-state index >= 15 is 0 Å². The van der Waals surface area contributed by atoms with Crippen molar-refractivity contribution in [2.24, 2.45) is 32.9 Å². The fourth-order valence-electron chi connectivity index (χ4n) is 5.77. The maximum Gasteiger partial charge on any atom is 0.243 e. The van der Waals surface area contributed by atoms with Gasteiger partial charge in [-0.05, 0) is 59.7 Å². The number of aliphatic imine (C=N–C) groups is 2. The van der Waals surface area contributed by atoms with Gasteiger partial charge < -0.3 is 49.5 Å². The first-order valence-electron chi connectivity index (χ1n) is 17.2. The summed E-state index contributed by atoms with van der Waals surface area (Å²) in [4.78, 5) is 76.3. The van der Waals surface area contributed by atoms with Gasteiger partial charge in [-0.2, -0.15) is 0 Å². The van der Waals surface area contributed by atoms with Crippen LogP contribution >= 0.6 is 0 Å². The van der Waals surface area contributed by atoms with Gasteiger partial charge >= 0.3 is 0 Å². The third-order valence-electron chi connectivity index (χ3n) is 8.47. The lowest BCUT2D eigenvalue weighted by atomic mass is 10.00. The largest absolute Gasteiger partial charge is 0.370 e. The van der Waals surface area contributed by atoms with Gasteiger partial charge in [-0.15, -0.1) is 0 Å². The molecule has 3 aromatic rings. The average Bonchev–Trinajstić information content (AvgIpc) is 3.12. The number of rotatable bonds is 12. The van der Waals surface area contributed by atoms with Crippen LogP contribution in [0.3, 0.4) is 0 Å². The Morgan fingerprint density at radius 2 is 1.09 bits per heavy atom. The molecule has 0 spiro atoms. The Balaban J connectivity index is 1.68. The van der Waals surface area contributed by atoms with Crippen molar-refractivity contribution in [1.82, 2.24) is 26.6 Å². The summed E-state index contributed by atoms with van der Waals surface area (Å²) in [7, 11) is 0. The van der Waals surface area contributed by atoms with E-state index in [1.54, 1.807) is 0 Å². The molecule has 4 rings (SSSR count). The third-order valence-corrected chi connectivity index (χ3v) is 8.47. The Kier molecular flexibility index (Phi) is 14.4. The Morgan fingerprint density at radius 3 is 1.70 bits per heavy atom. The number of fused-ring (bicyclic) bond motifs is 1. The molecule has 5 amide bonds. The summed E-state index contributed by atoms with van der Waals surface area (Å²) in [5.74, 6) is -4.28. The number of hydrogen-bond donors (Lipinski definition) is 9. The standard InChI is InChI=1S/C36H46FN11O5/c37-25-13-10-21(11-14-25)18-29-34(53)46-27(8-4-16-43-36(40)41)33(52)47-28(19-22-9-12-23-5-1-2-6-24(23)17-22)31(50)44-20-30(49)45-26(32(51)48-29)7-3-15-42-35(38)39/h1-2,5-6,9-14,17,26-29H,3-4,7-8,15-16,18-20H2,(H,44,50)(H,45,49)(H,46,53)(H,47,52)(H,48,51)(H4,38,39,42)(H4,40,41,43)/t26-,27+,28+,29+/m1/s1. The van der Waals surface area contributed by atoms with Crippen LogP contribution < -0.4 is 49.5 Å². The van der Waals surface area contributed by atoms with Crippen molar-refractivity contribution in [3.8, 4) is 0 Å². The lowest BCUT2D eigenvalue weighted by Gasteiger charge is -2.26. The summed E-state index contributed by atoms with van der Waals surface area (Å²) >= 11 is 0. The minimum Gasteiger partial charge on any atom is -0.370 e. The number of amides is 5. The molecule has 0 aliphatic carbocycles. The van der Waals surface area contributed by atoms with Gasteiger partial charge in [-0.3, -0.25) is 34.0 Å². The van der Waals surface area contributed by atoms with E-state index in [1.165, 1.54) is 24.3 Å². The number of nitrogens with zero attached hydrogens (tertiary/aromatic N) is 2. The summed E-state index contributed by atoms with van der Waals surface area (Å²) in [6, 6.07) is 13.9. The fourth-order valence-corrected chi connectivity index (χ4v) is 5.77. The van der Waals surface area contributed by atoms with Crippen LogP contribution in [0.25, 0.3) is 10.8 Å². The number of halogens is 1. The summed E-state index contributed by atoms with van der Waals surface area (Å²) in [5.41, 5.74) is 23.0. The molecule has 1 heterocycles. The van der Waals surface area contributed by atoms with Gasteiger partial charge in [0.05, 0.1) is 6.54 Å². The van der Waals surface area contributed by atoms with Crippen molar-refractivity contribution in [3.05, 3.63) is 83.7 Å². The van der Waals surface area contributed by atoms with Crippen molar-refractivity contribution in [2.45, 2.75) is 62.7 Å². The number of nitrogens with two attached hydrogens (primary N) is 4. The summed E-state index contributed by atoms with van der Waals surface area (Å²) in [6.07, 6.45) is 0.651. The Morgan fingerprint density at radius 1 is 0.604 bits per heavy atom. The molecule has 0 unspecified atom stereocenters. The highest BCUT2D eigenvalue weighted by Gasteiger charge is 2.32. The highest BCUT2D eigenvalue weighted by molar-refractivity contribution is 5.97. The minimum atomic E-state index is -1.27. The topological polar surface area (TPSA) is 274 Å². The molecule has 0 radical (unpaired) electrons. The number of hydrogen-bond acceptors (Lipinski definition) is 7. The van der Waals surface area contributed by atoms with Crippen LogP contribution in [-0.4, -0.2) is 85.3 Å². The Hall–Kier alpha value is -6.26. The van der Waals surface area contributed by atoms with Gasteiger partial charge in [0.1, 0.15) is 30.0 Å². The van der Waals surface area contributed by atoms with Crippen molar-refractivity contribution in [3.63, 3.8) is 0 Å². The minimum absolute atomic E-state index is 0.0549. The monoisotopic (exact) mass is 731 g/mol. The zero-order chi connectivity index (χ0) is 38.3. The number of benzene rings is 3. The molecule has 282 valence electrons. The summed E-state index contributed by atoms with van der Waals surface area (Å²) < 4.78 is 13.7. The van der Waals surface area contributed by atoms with Crippen LogP contribution in [0.2, 0.25) is 0 Å². The van der Waals surface area contributed by atoms with E-state index < -0.39 is 66.1 Å². The van der Waals surface area contributed by atoms with Crippen LogP contribution in [0, 0.1) is 5.82 Å². The number of carbonyl (C=O) groups excluding carboxylic acids is 5. The lowest BCUT2D eigenvalue weighted by Crippen LogP contribution is -2.58. The quantitative estimate of drug-likeness (QED) is 0.0623. The highest BCUT2D eigenvalue weighted by Crippen LogP contribution is 2.17. The average molecular weight is 732 g/mol. The molecule has 17 heteroatoms. The van der Waals surface area contributed by atoms with Crippen LogP contribution in [-0.2, 0) is 36.8 Å². The first kappa shape index (κ1) is 39.5. The Labute approximate surface area is 305 Å². The van der Waals surface area contributed by atoms with Crippen molar-refractivity contribution in [2.75, 3.05) is 19.6 Å². The van der Waals surface area contributed by atoms with Crippen LogP contribution in [0.1, 0.15) is 36.8 Å². The zero-order valence-corrected chi connectivity index (χ0v) is 29.1. The molecule has 1 saturated heterocycles. The van der Waals surface area contributed by atoms with Crippen LogP contribution in [0.5, 0.6) is 0 Å². The molecule has 4 atom stereocenters. The van der Waals surface area contributed by atoms with E-state index in [0.29, 0.717) is 5.56 Å². The molecule has 13 N–H and O–H groups in total. The van der Waals surface area contributed by atoms with E-state index in [9.17, 15) is 28.4 Å². The van der Waals surface area contributed by atoms with E-state index in [0.717, 1.165) is 16.3 Å². The van der Waals surface area contributed by atoms with Gasteiger partial charge in [-0.25, -0.2) is 4.39 Å². The number of nitrogens with one attached hydrogen (secondary N) is 5. The van der Waals surface area contributed by atoms with Crippen molar-refractivity contribution >= 4 is 52.2 Å². The van der Waals surface area contributed by atoms with Gasteiger partial charge in [0.15, 0.2) is 11.9 Å². The molecule has 0 saturated carbocycles. The van der Waals surface area contributed by atoms with Gasteiger partial charge in [0.2, 0.25) is 29.5 Å². The zero-order valence-electron chi connectivity index (χ0n) is 29.1. The Bertz CT molecular complexity index is 1830. The van der Waals surface area contributed by atoms with Crippen molar-refractivity contribution < 1.29 is 28.4 Å². The second kappa shape index (κ2) is 19.4. The molecule has 53 heavy (non-hydrogen) atoms. The first-order chi connectivity index (χ1) is 25.4. The SMILES string of the molecule is NC(N)=NCCC[C@@H]1NC(=O)[C@H](Cc2ccc(F)cc2)NC(=O)[C@@H](CCCN=C(N)N)NC(=O)CNC(=O)[C@H](Cc2ccc3ccccc3c2)NC1=O. The van der Waals surface area contributed by atoms with E-state index in [4.69, 9.17) is 22.9 Å². The predicted molar refractivity (Wildman–Crippen MR) is 198 cm³/mol. The number of guanidine groups is 2. The fraction of sp³-hybridized carbons (Fsp3) is 0.361. The first-order valence-corrected chi connectivity index (χ1v) is 17.2. The smallest absolute Gasteiger partial charge is 0.243 e. The molecular weight excluding hydrogens is 685 g/mol. The molecule has 1 aliphatic heterocycles. The molecule has 3 aromatic carbocycles. The second-order valence-electron chi connectivity index (χ2n) is 12.6. The molecule has 1 aliphatic rings. The maximum atomic E-state index is 14.0. The molecule has 0 bridgehead atoms. The molecule has 0 aromatic heterocycles. The van der Waals surface area contributed by atoms with E-state index in [-0.39, 0.29) is 63.5 Å². The molecule has 1 fully saturated rings. The maximum absolute atomic E-state index is 14.0. The van der Waals surface area contributed by atoms with Gasteiger partial charge in [0, 0.05) is 25.9 Å². The van der Waals surface area contributed by atoms with Crippen LogP contribution in [0.15, 0.2) is 76.7 Å². The van der Waals surface area contributed by atoms with Gasteiger partial charge in [0.25, 0.3) is 0 Å². The summed E-state index contributed by atoms with van der Waals surface area (Å²) in [6.45, 7) is -0.212. The lowest BCUT2D eigenvalue weighted by molar-refractivity contribution is -0.134. The molecular formula is C36H46FN11O5. The van der Waals surface area contributed by atoms with E-state index in [1.807, 2.05) is 42.5 Å². The highest BCUT2D eigenvalue weighted by atomic mass is 19.1.